The second kappa shape index (κ2) is 6.79. The van der Waals surface area contributed by atoms with Crippen molar-refractivity contribution in [3.63, 3.8) is 0 Å². The van der Waals surface area contributed by atoms with E-state index in [0.29, 0.717) is 6.42 Å². The van der Waals surface area contributed by atoms with E-state index in [0.717, 1.165) is 6.42 Å². The van der Waals surface area contributed by atoms with Gasteiger partial charge in [-0.05, 0) is 24.6 Å². The molecule has 25 heavy (non-hydrogen) atoms. The first-order chi connectivity index (χ1) is 12.0. The fourth-order valence-corrected chi connectivity index (χ4v) is 3.04. The highest BCUT2D eigenvalue weighted by Crippen LogP contribution is 2.43. The summed E-state index contributed by atoms with van der Waals surface area (Å²) in [4.78, 5) is 28.8. The van der Waals surface area contributed by atoms with Crippen LogP contribution in [-0.2, 0) is 9.57 Å². The van der Waals surface area contributed by atoms with Gasteiger partial charge in [0.05, 0.1) is 11.5 Å². The summed E-state index contributed by atoms with van der Waals surface area (Å²) in [6.07, 6.45) is 4.96. The largest absolute Gasteiger partial charge is 0.395 e. The summed E-state index contributed by atoms with van der Waals surface area (Å²) in [7, 11) is 1.52. The Morgan fingerprint density at radius 2 is 2.40 bits per heavy atom. The van der Waals surface area contributed by atoms with Crippen LogP contribution in [0.2, 0.25) is 0 Å². The van der Waals surface area contributed by atoms with Crippen LogP contribution in [0.1, 0.15) is 23.2 Å². The molecule has 2 bridgehead atoms. The normalized spacial score (nSPS) is 24.4. The lowest BCUT2D eigenvalue weighted by Gasteiger charge is -2.49. The maximum Gasteiger partial charge on any atom is 0.295 e. The van der Waals surface area contributed by atoms with Crippen LogP contribution in [0.15, 0.2) is 30.4 Å². The highest BCUT2D eigenvalue weighted by Gasteiger charge is 2.47. The highest BCUT2D eigenvalue weighted by atomic mass is 16.7. The van der Waals surface area contributed by atoms with Gasteiger partial charge >= 0.3 is 0 Å². The molecule has 4 rings (SSSR count). The van der Waals surface area contributed by atoms with E-state index in [1.807, 2.05) is 12.2 Å². The number of rotatable bonds is 6. The van der Waals surface area contributed by atoms with Crippen LogP contribution >= 0.6 is 0 Å². The number of benzene rings is 1. The summed E-state index contributed by atoms with van der Waals surface area (Å²) in [6, 6.07) is 4.15. The number of nitrogens with zero attached hydrogens (tertiary/aromatic N) is 2. The first kappa shape index (κ1) is 17.3. The van der Waals surface area contributed by atoms with Crippen molar-refractivity contribution < 1.29 is 24.4 Å². The third kappa shape index (κ3) is 3.09. The Morgan fingerprint density at radius 3 is 3.00 bits per heavy atom. The third-order valence-electron chi connectivity index (χ3n) is 4.35. The minimum Gasteiger partial charge on any atom is -0.395 e. The molecule has 0 radical (unpaired) electrons. The van der Waals surface area contributed by atoms with Crippen molar-refractivity contribution in [2.45, 2.75) is 24.7 Å². The van der Waals surface area contributed by atoms with Crippen LogP contribution in [0.4, 0.5) is 11.4 Å². The van der Waals surface area contributed by atoms with Crippen LogP contribution < -0.4 is 10.4 Å². The van der Waals surface area contributed by atoms with Crippen LogP contribution in [-0.4, -0.2) is 48.0 Å². The molecule has 1 aliphatic carbocycles. The van der Waals surface area contributed by atoms with Gasteiger partial charge in [0.1, 0.15) is 11.8 Å². The molecule has 1 amide bonds. The zero-order valence-corrected chi connectivity index (χ0v) is 13.7. The predicted octanol–water partition coefficient (Wildman–Crippen LogP) is 1.13. The average molecular weight is 349 g/mol. The first-order valence-corrected chi connectivity index (χ1v) is 7.90. The van der Waals surface area contributed by atoms with E-state index in [9.17, 15) is 14.9 Å². The van der Waals surface area contributed by atoms with Gasteiger partial charge in [-0.25, -0.2) is 5.06 Å². The number of methoxy groups -OCH3 is 1. The van der Waals surface area contributed by atoms with Crippen LogP contribution in [0.3, 0.4) is 0 Å². The van der Waals surface area contributed by atoms with E-state index in [1.165, 1.54) is 30.4 Å². The van der Waals surface area contributed by atoms with E-state index >= 15 is 0 Å². The first-order valence-electron chi connectivity index (χ1n) is 7.90. The third-order valence-corrected chi connectivity index (χ3v) is 4.35. The van der Waals surface area contributed by atoms with Crippen molar-refractivity contribution in [2.75, 3.05) is 25.3 Å². The highest BCUT2D eigenvalue weighted by molar-refractivity contribution is 5.95. The molecule has 2 N–H and O–H groups in total. The zero-order valence-electron chi connectivity index (χ0n) is 13.7. The molecule has 1 aromatic rings. The monoisotopic (exact) mass is 349 g/mol. The lowest BCUT2D eigenvalue weighted by atomic mass is 9.93. The molecule has 1 fully saturated rings. The second-order valence-electron chi connectivity index (χ2n) is 5.83. The molecular formula is C16H19N3O6. The topological polar surface area (TPSA) is 114 Å². The number of hydroxylamine groups is 1. The van der Waals surface area contributed by atoms with Gasteiger partial charge in [-0.15, -0.1) is 0 Å². The van der Waals surface area contributed by atoms with Gasteiger partial charge in [-0.3, -0.25) is 19.7 Å². The fraction of sp³-hybridized carbons (Fsp3) is 0.438. The molecule has 9 heteroatoms. The van der Waals surface area contributed by atoms with Crippen molar-refractivity contribution in [3.05, 3.63) is 46.0 Å². The quantitative estimate of drug-likeness (QED) is 0.449. The average Bonchev–Trinajstić information content (AvgIpc) is 2.66. The molecule has 3 aliphatic rings. The standard InChI is InChI=1S/C16H19N3O6/c1-24-16-6-4-12(5-7-16)25-18(16)13-3-2-11(10-14(13)19(22)23)15(21)17-8-9-20/h2-4,6,10,12,20H,5,7-9H2,1H3,(H,17,21)/t12-,16-/m0/s1. The summed E-state index contributed by atoms with van der Waals surface area (Å²) < 4.78 is 5.58. The molecule has 2 aliphatic heterocycles. The Balaban J connectivity index is 1.98. The number of nitrogens with one attached hydrogen (secondary N) is 1. The molecule has 9 nitrogen and oxygen atoms in total. The van der Waals surface area contributed by atoms with Crippen molar-refractivity contribution in [1.29, 1.82) is 0 Å². The number of anilines is 1. The summed E-state index contributed by atoms with van der Waals surface area (Å²) in [5.41, 5.74) is -0.804. The summed E-state index contributed by atoms with van der Waals surface area (Å²) >= 11 is 0. The number of hydrogen-bond donors (Lipinski definition) is 2. The number of fused-ring (bicyclic) bond motifs is 2. The number of aliphatic hydroxyl groups excluding tert-OH is 1. The predicted molar refractivity (Wildman–Crippen MR) is 88.0 cm³/mol. The minimum absolute atomic E-state index is 0.0723. The number of hydrogen-bond acceptors (Lipinski definition) is 7. The molecule has 2 atom stereocenters. The maximum absolute atomic E-state index is 12.0. The smallest absolute Gasteiger partial charge is 0.295 e. The number of nitro groups is 1. The zero-order chi connectivity index (χ0) is 18.0. The van der Waals surface area contributed by atoms with Crippen molar-refractivity contribution in [2.24, 2.45) is 0 Å². The number of carbonyl (C=O) groups excluding carboxylic acids is 1. The lowest BCUT2D eigenvalue weighted by molar-refractivity contribution is -0.384. The van der Waals surface area contributed by atoms with E-state index in [-0.39, 0.29) is 36.2 Å². The van der Waals surface area contributed by atoms with Gasteiger partial charge in [-0.2, -0.15) is 0 Å². The van der Waals surface area contributed by atoms with E-state index in [2.05, 4.69) is 5.32 Å². The van der Waals surface area contributed by atoms with Crippen molar-refractivity contribution >= 4 is 17.3 Å². The molecule has 2 heterocycles. The van der Waals surface area contributed by atoms with Crippen LogP contribution in [0.25, 0.3) is 0 Å². The number of nitro benzene ring substituents is 1. The lowest BCUT2D eigenvalue weighted by Crippen LogP contribution is -2.57. The summed E-state index contributed by atoms with van der Waals surface area (Å²) in [5.74, 6) is -0.494. The Kier molecular flexibility index (Phi) is 4.71. The Labute approximate surface area is 143 Å². The van der Waals surface area contributed by atoms with Gasteiger partial charge in [0.25, 0.3) is 11.6 Å². The minimum atomic E-state index is -0.903. The fourth-order valence-electron chi connectivity index (χ4n) is 3.04. The maximum atomic E-state index is 12.0. The summed E-state index contributed by atoms with van der Waals surface area (Å²) in [6.45, 7) is -0.138. The van der Waals surface area contributed by atoms with Gasteiger partial charge in [0.15, 0.2) is 5.72 Å². The molecule has 0 unspecified atom stereocenters. The Bertz CT molecular complexity index is 722. The molecular weight excluding hydrogens is 330 g/mol. The molecule has 1 aromatic carbocycles. The van der Waals surface area contributed by atoms with Gasteiger partial charge in [-0.1, -0.05) is 6.08 Å². The second-order valence-corrected chi connectivity index (χ2v) is 5.83. The molecule has 134 valence electrons. The van der Waals surface area contributed by atoms with E-state index in [1.54, 1.807) is 0 Å². The SMILES string of the molecule is CO[C@@]12C=C[C@@H](CC1)ON2c1ccc(C(=O)NCCO)cc1[N+](=O)[O-]. The summed E-state index contributed by atoms with van der Waals surface area (Å²) in [5, 5.41) is 24.2. The van der Waals surface area contributed by atoms with Gasteiger partial charge < -0.3 is 15.2 Å². The molecule has 0 aromatic heterocycles. The Morgan fingerprint density at radius 1 is 1.60 bits per heavy atom. The number of ether oxygens (including phenoxy) is 1. The molecule has 0 spiro atoms. The van der Waals surface area contributed by atoms with Crippen molar-refractivity contribution in [1.82, 2.24) is 5.32 Å². The number of aliphatic hydroxyl groups is 1. The van der Waals surface area contributed by atoms with Gasteiger partial charge in [0.2, 0.25) is 0 Å². The molecule has 0 saturated carbocycles. The van der Waals surface area contributed by atoms with E-state index in [4.69, 9.17) is 14.7 Å². The Hall–Kier alpha value is -2.49. The van der Waals surface area contributed by atoms with E-state index < -0.39 is 16.6 Å². The number of amides is 1. The van der Waals surface area contributed by atoms with Crippen molar-refractivity contribution in [3.8, 4) is 0 Å². The number of carbonyl (C=O) groups is 1. The molecule has 1 saturated heterocycles. The van der Waals surface area contributed by atoms with Crippen LogP contribution in [0.5, 0.6) is 0 Å². The van der Waals surface area contributed by atoms with Gasteiger partial charge in [0, 0.05) is 31.7 Å². The van der Waals surface area contributed by atoms with Crippen LogP contribution in [0, 0.1) is 10.1 Å².